The van der Waals surface area contributed by atoms with Crippen molar-refractivity contribution in [1.29, 1.82) is 0 Å². The first kappa shape index (κ1) is 12.2. The maximum absolute atomic E-state index is 11.3. The first-order chi connectivity index (χ1) is 8.00. The fourth-order valence-corrected chi connectivity index (χ4v) is 2.84. The number of sulfonamides is 1. The third kappa shape index (κ3) is 2.70. The fourth-order valence-electron chi connectivity index (χ4n) is 1.96. The van der Waals surface area contributed by atoms with Crippen molar-refractivity contribution in [2.24, 2.45) is 0 Å². The molecule has 0 spiro atoms. The van der Waals surface area contributed by atoms with Crippen molar-refractivity contribution in [2.45, 2.75) is 18.9 Å². The predicted molar refractivity (Wildman–Crippen MR) is 60.1 cm³/mol. The molecule has 1 saturated heterocycles. The van der Waals surface area contributed by atoms with E-state index in [2.05, 4.69) is 10.3 Å². The highest BCUT2D eigenvalue weighted by atomic mass is 32.2. The van der Waals surface area contributed by atoms with Gasteiger partial charge in [0.25, 0.3) is 0 Å². The van der Waals surface area contributed by atoms with Crippen LogP contribution in [0.3, 0.4) is 0 Å². The van der Waals surface area contributed by atoms with Crippen LogP contribution < -0.4 is 0 Å². The minimum Gasteiger partial charge on any atom is -0.296 e. The third-order valence-electron chi connectivity index (χ3n) is 2.92. The molecule has 0 bridgehead atoms. The molecule has 1 aliphatic heterocycles. The number of carbonyl (C=O) groups excluding carboxylic acids is 1. The standard InChI is InChI=1S/C9H14N4O3S/c1-17(15,16)12-4-2-9(3-5-12)13-6-8(7-14)10-11-13/h6-7,9H,2-5H2,1H3. The average molecular weight is 258 g/mol. The number of nitrogens with zero attached hydrogens (tertiary/aromatic N) is 4. The molecular weight excluding hydrogens is 244 g/mol. The van der Waals surface area contributed by atoms with Crippen LogP contribution in [-0.4, -0.2) is 53.3 Å². The van der Waals surface area contributed by atoms with E-state index in [1.807, 2.05) is 0 Å². The highest BCUT2D eigenvalue weighted by molar-refractivity contribution is 7.88. The molecule has 0 radical (unpaired) electrons. The summed E-state index contributed by atoms with van der Waals surface area (Å²) in [4.78, 5) is 10.5. The van der Waals surface area contributed by atoms with Gasteiger partial charge in [0.05, 0.1) is 18.5 Å². The second kappa shape index (κ2) is 4.53. The van der Waals surface area contributed by atoms with Gasteiger partial charge in [0.15, 0.2) is 6.29 Å². The monoisotopic (exact) mass is 258 g/mol. The van der Waals surface area contributed by atoms with Crippen molar-refractivity contribution in [3.63, 3.8) is 0 Å². The van der Waals surface area contributed by atoms with E-state index in [0.717, 1.165) is 0 Å². The second-order valence-corrected chi connectivity index (χ2v) is 6.12. The number of carbonyl (C=O) groups is 1. The van der Waals surface area contributed by atoms with Gasteiger partial charge in [-0.05, 0) is 12.8 Å². The summed E-state index contributed by atoms with van der Waals surface area (Å²) < 4.78 is 25.8. The molecule has 8 heteroatoms. The van der Waals surface area contributed by atoms with Gasteiger partial charge < -0.3 is 0 Å². The maximum atomic E-state index is 11.3. The molecule has 1 aliphatic rings. The van der Waals surface area contributed by atoms with Crippen LogP contribution in [0.1, 0.15) is 29.4 Å². The molecule has 0 aliphatic carbocycles. The van der Waals surface area contributed by atoms with E-state index in [-0.39, 0.29) is 6.04 Å². The molecule has 0 saturated carbocycles. The van der Waals surface area contributed by atoms with Crippen LogP contribution in [0.5, 0.6) is 0 Å². The summed E-state index contributed by atoms with van der Waals surface area (Å²) in [5.74, 6) is 0. The van der Waals surface area contributed by atoms with Crippen molar-refractivity contribution in [3.8, 4) is 0 Å². The lowest BCUT2D eigenvalue weighted by molar-refractivity contribution is 0.111. The molecule has 0 amide bonds. The van der Waals surface area contributed by atoms with Crippen molar-refractivity contribution in [3.05, 3.63) is 11.9 Å². The van der Waals surface area contributed by atoms with E-state index < -0.39 is 10.0 Å². The molecule has 94 valence electrons. The van der Waals surface area contributed by atoms with Crippen LogP contribution in [0.2, 0.25) is 0 Å². The molecule has 0 aromatic carbocycles. The van der Waals surface area contributed by atoms with Crippen LogP contribution in [0.15, 0.2) is 6.20 Å². The Morgan fingerprint density at radius 3 is 2.53 bits per heavy atom. The lowest BCUT2D eigenvalue weighted by atomic mass is 10.1. The number of hydrogen-bond acceptors (Lipinski definition) is 5. The van der Waals surface area contributed by atoms with E-state index >= 15 is 0 Å². The summed E-state index contributed by atoms with van der Waals surface area (Å²) in [5, 5.41) is 7.56. The Hall–Kier alpha value is -1.28. The van der Waals surface area contributed by atoms with E-state index in [0.29, 0.717) is 37.9 Å². The zero-order chi connectivity index (χ0) is 12.5. The Morgan fingerprint density at radius 1 is 1.41 bits per heavy atom. The van der Waals surface area contributed by atoms with Crippen LogP contribution >= 0.6 is 0 Å². The van der Waals surface area contributed by atoms with Gasteiger partial charge in [-0.15, -0.1) is 5.10 Å². The highest BCUT2D eigenvalue weighted by Crippen LogP contribution is 2.22. The van der Waals surface area contributed by atoms with Crippen molar-refractivity contribution in [2.75, 3.05) is 19.3 Å². The maximum Gasteiger partial charge on any atom is 0.211 e. The smallest absolute Gasteiger partial charge is 0.211 e. The number of aldehydes is 1. The quantitative estimate of drug-likeness (QED) is 0.694. The topological polar surface area (TPSA) is 85.2 Å². The lowest BCUT2D eigenvalue weighted by Crippen LogP contribution is -2.38. The van der Waals surface area contributed by atoms with Gasteiger partial charge in [0.2, 0.25) is 10.0 Å². The molecule has 17 heavy (non-hydrogen) atoms. The normalized spacial score (nSPS) is 19.4. The Balaban J connectivity index is 2.02. The van der Waals surface area contributed by atoms with Gasteiger partial charge in [0.1, 0.15) is 5.69 Å². The average Bonchev–Trinajstić information content (AvgIpc) is 2.76. The molecular formula is C9H14N4O3S. The van der Waals surface area contributed by atoms with Crippen molar-refractivity contribution in [1.82, 2.24) is 19.3 Å². The van der Waals surface area contributed by atoms with Gasteiger partial charge in [-0.2, -0.15) is 0 Å². The molecule has 0 unspecified atom stereocenters. The van der Waals surface area contributed by atoms with E-state index in [1.54, 1.807) is 10.9 Å². The molecule has 1 aromatic heterocycles. The van der Waals surface area contributed by atoms with Gasteiger partial charge >= 0.3 is 0 Å². The first-order valence-corrected chi connectivity index (χ1v) is 7.17. The fraction of sp³-hybridized carbons (Fsp3) is 0.667. The third-order valence-corrected chi connectivity index (χ3v) is 4.22. The Kier molecular flexibility index (Phi) is 3.25. The zero-order valence-electron chi connectivity index (χ0n) is 9.48. The van der Waals surface area contributed by atoms with Crippen molar-refractivity contribution >= 4 is 16.3 Å². The molecule has 2 heterocycles. The summed E-state index contributed by atoms with van der Waals surface area (Å²) in [5.41, 5.74) is 0.301. The van der Waals surface area contributed by atoms with Crippen LogP contribution in [0, 0.1) is 0 Å². The van der Waals surface area contributed by atoms with Gasteiger partial charge in [0, 0.05) is 13.1 Å². The van der Waals surface area contributed by atoms with E-state index in [4.69, 9.17) is 0 Å². The SMILES string of the molecule is CS(=O)(=O)N1CCC(n2cc(C=O)nn2)CC1. The van der Waals surface area contributed by atoms with Crippen molar-refractivity contribution < 1.29 is 13.2 Å². The molecule has 7 nitrogen and oxygen atoms in total. The summed E-state index contributed by atoms with van der Waals surface area (Å²) in [6.45, 7) is 0.972. The molecule has 1 fully saturated rings. The van der Waals surface area contributed by atoms with Gasteiger partial charge in [-0.25, -0.2) is 17.4 Å². The summed E-state index contributed by atoms with van der Waals surface area (Å²) in [6.07, 6.45) is 4.83. The van der Waals surface area contributed by atoms with Gasteiger partial charge in [-0.1, -0.05) is 5.21 Å². The highest BCUT2D eigenvalue weighted by Gasteiger charge is 2.26. The minimum absolute atomic E-state index is 0.120. The number of rotatable bonds is 3. The number of hydrogen-bond donors (Lipinski definition) is 0. The molecule has 0 atom stereocenters. The van der Waals surface area contributed by atoms with Crippen LogP contribution in [0.4, 0.5) is 0 Å². The summed E-state index contributed by atoms with van der Waals surface area (Å²) >= 11 is 0. The predicted octanol–water partition coefficient (Wildman–Crippen LogP) is -0.313. The molecule has 0 N–H and O–H groups in total. The number of piperidine rings is 1. The first-order valence-electron chi connectivity index (χ1n) is 5.33. The Labute approximate surface area is 99.5 Å². The summed E-state index contributed by atoms with van der Waals surface area (Å²) in [7, 11) is -3.10. The molecule has 2 rings (SSSR count). The van der Waals surface area contributed by atoms with Crippen LogP contribution in [-0.2, 0) is 10.0 Å². The Bertz CT molecular complexity index is 502. The Morgan fingerprint density at radius 2 is 2.06 bits per heavy atom. The molecule has 1 aromatic rings. The minimum atomic E-state index is -3.10. The van der Waals surface area contributed by atoms with E-state index in [9.17, 15) is 13.2 Å². The lowest BCUT2D eigenvalue weighted by Gasteiger charge is -2.29. The van der Waals surface area contributed by atoms with Gasteiger partial charge in [-0.3, -0.25) is 4.79 Å². The van der Waals surface area contributed by atoms with Crippen LogP contribution in [0.25, 0.3) is 0 Å². The number of aromatic nitrogens is 3. The van der Waals surface area contributed by atoms with E-state index in [1.165, 1.54) is 10.6 Å². The summed E-state index contributed by atoms with van der Waals surface area (Å²) in [6, 6.07) is 0.120. The second-order valence-electron chi connectivity index (χ2n) is 4.13. The zero-order valence-corrected chi connectivity index (χ0v) is 10.3. The largest absolute Gasteiger partial charge is 0.296 e.